The molecule has 8 heteroatoms. The summed E-state index contributed by atoms with van der Waals surface area (Å²) in [6.07, 6.45) is 0. The van der Waals surface area contributed by atoms with Crippen molar-refractivity contribution in [1.29, 1.82) is 0 Å². The molecule has 28 heavy (non-hydrogen) atoms. The van der Waals surface area contributed by atoms with Gasteiger partial charge < -0.3 is 29.4 Å². The Morgan fingerprint density at radius 3 is 2.36 bits per heavy atom. The molecule has 0 aliphatic rings. The molecule has 0 fully saturated rings. The molecule has 1 aromatic heterocycles. The third kappa shape index (κ3) is 3.53. The van der Waals surface area contributed by atoms with Crippen molar-refractivity contribution in [3.8, 4) is 17.2 Å². The zero-order valence-electron chi connectivity index (χ0n) is 16.3. The fourth-order valence-corrected chi connectivity index (χ4v) is 3.22. The summed E-state index contributed by atoms with van der Waals surface area (Å²) in [6.45, 7) is 0. The summed E-state index contributed by atoms with van der Waals surface area (Å²) >= 11 is 6.10. The van der Waals surface area contributed by atoms with Gasteiger partial charge in [-0.1, -0.05) is 11.6 Å². The minimum Gasteiger partial charge on any atom is -0.496 e. The van der Waals surface area contributed by atoms with E-state index in [4.69, 9.17) is 25.8 Å². The first kappa shape index (κ1) is 19.7. The minimum atomic E-state index is -0.315. The molecule has 1 amide bonds. The first-order valence-corrected chi connectivity index (χ1v) is 8.87. The topological polar surface area (TPSA) is 75.8 Å². The van der Waals surface area contributed by atoms with Gasteiger partial charge in [-0.15, -0.1) is 0 Å². The van der Waals surface area contributed by atoms with E-state index in [9.17, 15) is 4.79 Å². The quantitative estimate of drug-likeness (QED) is 0.646. The van der Waals surface area contributed by atoms with E-state index in [1.54, 1.807) is 45.6 Å². The molecular formula is C20H22ClN3O4. The second kappa shape index (κ2) is 7.90. The molecule has 0 bridgehead atoms. The van der Waals surface area contributed by atoms with Crippen molar-refractivity contribution in [2.75, 3.05) is 45.6 Å². The Kier molecular flexibility index (Phi) is 5.56. The average molecular weight is 404 g/mol. The molecule has 0 unspecified atom stereocenters. The lowest BCUT2D eigenvalue weighted by atomic mass is 10.2. The fraction of sp³-hybridized carbons (Fsp3) is 0.250. The first-order chi connectivity index (χ1) is 13.4. The van der Waals surface area contributed by atoms with Gasteiger partial charge in [0, 0.05) is 30.6 Å². The smallest absolute Gasteiger partial charge is 0.272 e. The maximum atomic E-state index is 12.9. The summed E-state index contributed by atoms with van der Waals surface area (Å²) in [7, 11) is 8.43. The number of benzene rings is 2. The molecule has 7 nitrogen and oxygen atoms in total. The lowest BCUT2D eigenvalue weighted by Crippen LogP contribution is -2.17. The molecule has 0 saturated heterocycles. The van der Waals surface area contributed by atoms with Crippen molar-refractivity contribution in [3.63, 3.8) is 0 Å². The van der Waals surface area contributed by atoms with Crippen LogP contribution in [0.1, 0.15) is 10.5 Å². The van der Waals surface area contributed by atoms with Crippen LogP contribution in [0.2, 0.25) is 5.02 Å². The van der Waals surface area contributed by atoms with Crippen LogP contribution in [-0.4, -0.2) is 46.3 Å². The average Bonchev–Trinajstić information content (AvgIpc) is 3.11. The van der Waals surface area contributed by atoms with Gasteiger partial charge in [0.15, 0.2) is 11.5 Å². The molecule has 3 aromatic rings. The third-order valence-corrected chi connectivity index (χ3v) is 4.61. The largest absolute Gasteiger partial charge is 0.496 e. The highest BCUT2D eigenvalue weighted by atomic mass is 35.5. The summed E-state index contributed by atoms with van der Waals surface area (Å²) in [5.74, 6) is 1.25. The van der Waals surface area contributed by atoms with Crippen LogP contribution in [-0.2, 0) is 0 Å². The Morgan fingerprint density at radius 1 is 1.04 bits per heavy atom. The van der Waals surface area contributed by atoms with Crippen molar-refractivity contribution in [3.05, 3.63) is 41.0 Å². The number of aromatic nitrogens is 1. The number of anilines is 2. The van der Waals surface area contributed by atoms with E-state index in [1.807, 2.05) is 25.1 Å². The van der Waals surface area contributed by atoms with Crippen molar-refractivity contribution < 1.29 is 19.0 Å². The highest BCUT2D eigenvalue weighted by Crippen LogP contribution is 2.41. The van der Waals surface area contributed by atoms with Crippen molar-refractivity contribution in [1.82, 2.24) is 4.98 Å². The van der Waals surface area contributed by atoms with Gasteiger partial charge in [-0.05, 0) is 24.3 Å². The number of amides is 1. The van der Waals surface area contributed by atoms with Gasteiger partial charge in [0.25, 0.3) is 5.91 Å². The zero-order chi connectivity index (χ0) is 20.4. The Morgan fingerprint density at radius 2 is 1.75 bits per heavy atom. The second-order valence-corrected chi connectivity index (χ2v) is 6.73. The number of ether oxygens (including phenoxy) is 3. The van der Waals surface area contributed by atoms with Gasteiger partial charge in [-0.3, -0.25) is 4.79 Å². The van der Waals surface area contributed by atoms with Crippen molar-refractivity contribution in [2.45, 2.75) is 0 Å². The number of rotatable bonds is 6. The van der Waals surface area contributed by atoms with Crippen LogP contribution in [0.15, 0.2) is 30.3 Å². The maximum absolute atomic E-state index is 12.9. The lowest BCUT2D eigenvalue weighted by Gasteiger charge is -2.18. The van der Waals surface area contributed by atoms with E-state index < -0.39 is 0 Å². The summed E-state index contributed by atoms with van der Waals surface area (Å²) in [5.41, 5.74) is 2.41. The Bertz CT molecular complexity index is 1030. The molecule has 0 aliphatic carbocycles. The number of carbonyl (C=O) groups excluding carboxylic acids is 1. The fourth-order valence-electron chi connectivity index (χ4n) is 3.05. The molecule has 0 saturated carbocycles. The highest BCUT2D eigenvalue weighted by Gasteiger charge is 2.20. The lowest BCUT2D eigenvalue weighted by molar-refractivity contribution is 0.102. The van der Waals surface area contributed by atoms with Gasteiger partial charge in [-0.2, -0.15) is 0 Å². The Balaban J connectivity index is 2.05. The highest BCUT2D eigenvalue weighted by molar-refractivity contribution is 6.31. The Labute approximate surface area is 168 Å². The molecule has 1 heterocycles. The maximum Gasteiger partial charge on any atom is 0.272 e. The van der Waals surface area contributed by atoms with Crippen LogP contribution in [0.5, 0.6) is 17.2 Å². The number of nitrogens with zero attached hydrogens (tertiary/aromatic N) is 1. The second-order valence-electron chi connectivity index (χ2n) is 6.30. The summed E-state index contributed by atoms with van der Waals surface area (Å²) in [6, 6.07) is 8.77. The number of hydrogen-bond donors (Lipinski definition) is 2. The molecule has 0 spiro atoms. The van der Waals surface area contributed by atoms with Crippen LogP contribution < -0.4 is 24.4 Å². The summed E-state index contributed by atoms with van der Waals surface area (Å²) < 4.78 is 16.3. The Hall–Kier alpha value is -3.06. The monoisotopic (exact) mass is 403 g/mol. The number of fused-ring (bicyclic) bond motifs is 1. The number of methoxy groups -OCH3 is 3. The zero-order valence-corrected chi connectivity index (χ0v) is 17.1. The number of aromatic amines is 1. The van der Waals surface area contributed by atoms with Crippen LogP contribution >= 0.6 is 11.6 Å². The van der Waals surface area contributed by atoms with E-state index in [2.05, 4.69) is 10.3 Å². The summed E-state index contributed by atoms with van der Waals surface area (Å²) in [5, 5.41) is 4.15. The van der Waals surface area contributed by atoms with E-state index >= 15 is 0 Å². The number of nitrogens with one attached hydrogen (secondary N) is 2. The van der Waals surface area contributed by atoms with Crippen LogP contribution in [0.3, 0.4) is 0 Å². The molecule has 2 N–H and O–H groups in total. The number of halogens is 1. The van der Waals surface area contributed by atoms with Crippen molar-refractivity contribution in [2.24, 2.45) is 0 Å². The number of hydrogen-bond acceptors (Lipinski definition) is 5. The van der Waals surface area contributed by atoms with Gasteiger partial charge in [0.1, 0.15) is 11.4 Å². The predicted molar refractivity (Wildman–Crippen MR) is 112 cm³/mol. The van der Waals surface area contributed by atoms with Crippen molar-refractivity contribution >= 4 is 39.8 Å². The third-order valence-electron chi connectivity index (χ3n) is 4.37. The summed E-state index contributed by atoms with van der Waals surface area (Å²) in [4.78, 5) is 17.9. The molecule has 3 rings (SSSR count). The van der Waals surface area contributed by atoms with Gasteiger partial charge in [-0.25, -0.2) is 0 Å². The van der Waals surface area contributed by atoms with Gasteiger partial charge in [0.05, 0.1) is 38.2 Å². The molecule has 2 aromatic carbocycles. The minimum absolute atomic E-state index is 0.315. The normalized spacial score (nSPS) is 10.6. The van der Waals surface area contributed by atoms with E-state index in [0.717, 1.165) is 5.69 Å². The number of carbonyl (C=O) groups is 1. The molecule has 0 aliphatic heterocycles. The molecular weight excluding hydrogens is 382 g/mol. The van der Waals surface area contributed by atoms with Crippen LogP contribution in [0.25, 0.3) is 10.9 Å². The standard InChI is InChI=1S/C20H22ClN3O4/c1-24(2)15-7-6-11(21)8-13(15)23-20(25)14-9-12-16(26-3)10-17(27-4)19(28-5)18(12)22-14/h6-10,22H,1-5H3,(H,23,25). The molecule has 0 atom stereocenters. The SMILES string of the molecule is COc1cc(OC)c2cc(C(=O)Nc3cc(Cl)ccc3N(C)C)[nH]c2c1OC. The predicted octanol–water partition coefficient (Wildman–Crippen LogP) is 4.17. The van der Waals surface area contributed by atoms with E-state index in [1.165, 1.54) is 0 Å². The van der Waals surface area contributed by atoms with E-state index in [0.29, 0.717) is 44.6 Å². The first-order valence-electron chi connectivity index (χ1n) is 8.49. The van der Waals surface area contributed by atoms with Crippen LogP contribution in [0.4, 0.5) is 11.4 Å². The van der Waals surface area contributed by atoms with Gasteiger partial charge >= 0.3 is 0 Å². The molecule has 148 valence electrons. The molecule has 0 radical (unpaired) electrons. The number of H-pyrrole nitrogens is 1. The van der Waals surface area contributed by atoms with Crippen LogP contribution in [0, 0.1) is 0 Å². The van der Waals surface area contributed by atoms with Gasteiger partial charge in [0.2, 0.25) is 0 Å². The van der Waals surface area contributed by atoms with E-state index in [-0.39, 0.29) is 5.91 Å².